The average molecular weight is 853 g/mol. The summed E-state index contributed by atoms with van der Waals surface area (Å²) in [6.45, 7) is -2.57. The number of hydrogen-bond donors (Lipinski definition) is 9. The molecule has 56 heavy (non-hydrogen) atoms. The molecule has 0 aromatic rings. The van der Waals surface area contributed by atoms with Crippen LogP contribution in [0.5, 0.6) is 0 Å². The third-order valence-electron chi connectivity index (χ3n) is 9.62. The zero-order valence-corrected chi connectivity index (χ0v) is 34.2. The normalized spacial score (nSPS) is 45.0. The predicted octanol–water partition coefficient (Wildman–Crippen LogP) is -10.6. The van der Waals surface area contributed by atoms with Crippen LogP contribution in [0, 0.1) is 0 Å². The second kappa shape index (κ2) is 22.8. The number of aliphatic hydroxyl groups is 9. The van der Waals surface area contributed by atoms with Gasteiger partial charge in [-0.1, -0.05) is 0 Å². The van der Waals surface area contributed by atoms with E-state index < -0.39 is 165 Å². The number of hydrogen-bond acceptors (Lipinski definition) is 24. The smallest absolute Gasteiger partial charge is 0.748 e. The fourth-order valence-electron chi connectivity index (χ4n) is 6.67. The molecule has 24 nitrogen and oxygen atoms in total. The Labute approximate surface area is 344 Å². The van der Waals surface area contributed by atoms with Gasteiger partial charge in [0.1, 0.15) is 97.7 Å². The summed E-state index contributed by atoms with van der Waals surface area (Å²) in [7, 11) is 0.341. The summed E-state index contributed by atoms with van der Waals surface area (Å²) in [4.78, 5) is 0. The summed E-state index contributed by atoms with van der Waals surface area (Å²) in [6, 6.07) is 0. The Hall–Kier alpha value is 0.0700. The summed E-state index contributed by atoms with van der Waals surface area (Å²) in [5.74, 6) is -0.857. The van der Waals surface area contributed by atoms with Gasteiger partial charge in [-0.3, -0.25) is 0 Å². The molecule has 0 saturated carbocycles. The number of methoxy groups -OCH3 is 4. The Morgan fingerprint density at radius 1 is 0.536 bits per heavy atom. The van der Waals surface area contributed by atoms with Crippen molar-refractivity contribution in [1.29, 1.82) is 0 Å². The molecule has 26 heteroatoms. The van der Waals surface area contributed by atoms with E-state index in [1.807, 2.05) is 0 Å². The molecule has 0 aliphatic carbocycles. The number of rotatable bonds is 18. The van der Waals surface area contributed by atoms with Gasteiger partial charge in [0.05, 0.1) is 48.9 Å². The van der Waals surface area contributed by atoms with Crippen LogP contribution >= 0.6 is 0 Å². The third-order valence-corrected chi connectivity index (χ3v) is 10.3. The van der Waals surface area contributed by atoms with E-state index in [1.165, 1.54) is 28.4 Å². The molecule has 4 heterocycles. The molecule has 4 saturated heterocycles. The van der Waals surface area contributed by atoms with Crippen molar-refractivity contribution in [2.75, 3.05) is 67.2 Å². The number of aliphatic hydroxyl groups excluding tert-OH is 9. The Morgan fingerprint density at radius 3 is 1.43 bits per heavy atom. The van der Waals surface area contributed by atoms with Gasteiger partial charge in [-0.2, -0.15) is 0 Å². The van der Waals surface area contributed by atoms with E-state index in [0.717, 1.165) is 0 Å². The average Bonchev–Trinajstić information content (AvgIpc) is 3.14. The first kappa shape index (κ1) is 50.4. The van der Waals surface area contributed by atoms with Crippen molar-refractivity contribution in [2.24, 2.45) is 0 Å². The fourth-order valence-corrected chi connectivity index (χ4v) is 6.99. The molecule has 0 radical (unpaired) electrons. The maximum absolute atomic E-state index is 11.4. The Balaban J connectivity index is 0.00000841. The quantitative estimate of drug-likeness (QED) is 0.0351. The Morgan fingerprint density at radius 2 is 0.946 bits per heavy atom. The van der Waals surface area contributed by atoms with Gasteiger partial charge >= 0.3 is 29.6 Å². The minimum Gasteiger partial charge on any atom is -0.748 e. The topological polar surface area (TPSA) is 350 Å². The molecule has 0 spiro atoms. The molecule has 4 aliphatic rings. The monoisotopic (exact) mass is 852 g/mol. The van der Waals surface area contributed by atoms with Gasteiger partial charge in [-0.25, -0.2) is 8.42 Å². The maximum atomic E-state index is 11.4. The van der Waals surface area contributed by atoms with Crippen LogP contribution in [-0.2, 0) is 67.0 Å². The Bertz CT molecular complexity index is 1260. The standard InChI is InChI=1S/C30H54O24S.Na/c1-43-8-12-25(17(34)19(36)27(46-4)50-12)53-30-22(39)18(35)26(54-29-21(38)16(33)23(44-2)11(7-31)49-29)14(52-30)10-48-28-20(37)15(32)24(45-3)13(51-28)9-47-5-6-55(40,41)42;/h11-39H,5-10H2,1-4H3,(H,40,41,42);/q;+1/p-1/t11?,12?,13?,14?,15-,16-,17-,18-,19?,20?,21?,22?,23-,24-,25-,26-,27+,28+,29-,30-;/m1./s1. The predicted molar refractivity (Wildman–Crippen MR) is 171 cm³/mol. The van der Waals surface area contributed by atoms with Gasteiger partial charge in [0.15, 0.2) is 25.2 Å². The maximum Gasteiger partial charge on any atom is 1.00 e. The van der Waals surface area contributed by atoms with Crippen LogP contribution in [0.4, 0.5) is 0 Å². The van der Waals surface area contributed by atoms with Crippen molar-refractivity contribution >= 4 is 10.1 Å². The van der Waals surface area contributed by atoms with Gasteiger partial charge in [-0.15, -0.1) is 0 Å². The third kappa shape index (κ3) is 12.1. The van der Waals surface area contributed by atoms with Crippen LogP contribution in [-0.4, -0.2) is 249 Å². The molecule has 20 atom stereocenters. The summed E-state index contributed by atoms with van der Waals surface area (Å²) < 4.78 is 99.2. The molecule has 0 aromatic heterocycles. The van der Waals surface area contributed by atoms with Gasteiger partial charge in [0, 0.05) is 28.4 Å². The van der Waals surface area contributed by atoms with Crippen LogP contribution < -0.4 is 29.6 Å². The minimum atomic E-state index is -4.60. The first-order valence-corrected chi connectivity index (χ1v) is 18.8. The van der Waals surface area contributed by atoms with Crippen LogP contribution in [0.15, 0.2) is 0 Å². The molecule has 324 valence electrons. The molecular weight excluding hydrogens is 799 g/mol. The summed E-state index contributed by atoms with van der Waals surface area (Å²) in [6.07, 6.45) is -31.7. The molecule has 4 rings (SSSR count). The van der Waals surface area contributed by atoms with Crippen LogP contribution in [0.1, 0.15) is 0 Å². The molecule has 9 N–H and O–H groups in total. The van der Waals surface area contributed by atoms with Gasteiger partial charge < -0.3 is 107 Å². The second-order valence-corrected chi connectivity index (χ2v) is 14.8. The van der Waals surface area contributed by atoms with E-state index in [9.17, 15) is 58.9 Å². The van der Waals surface area contributed by atoms with E-state index in [0.29, 0.717) is 0 Å². The molecule has 8 unspecified atom stereocenters. The van der Waals surface area contributed by atoms with Crippen LogP contribution in [0.2, 0.25) is 0 Å². The second-order valence-electron chi connectivity index (χ2n) is 13.2. The summed E-state index contributed by atoms with van der Waals surface area (Å²) in [5.41, 5.74) is 0. The Kier molecular flexibility index (Phi) is 20.5. The van der Waals surface area contributed by atoms with Crippen molar-refractivity contribution in [2.45, 2.75) is 123 Å². The van der Waals surface area contributed by atoms with Crippen molar-refractivity contribution in [3.63, 3.8) is 0 Å². The van der Waals surface area contributed by atoms with Crippen LogP contribution in [0.3, 0.4) is 0 Å². The van der Waals surface area contributed by atoms with Crippen molar-refractivity contribution in [3.8, 4) is 0 Å². The van der Waals surface area contributed by atoms with Gasteiger partial charge in [0.2, 0.25) is 0 Å². The van der Waals surface area contributed by atoms with E-state index in [1.54, 1.807) is 0 Å². The van der Waals surface area contributed by atoms with Crippen molar-refractivity contribution < 1.29 is 145 Å². The first-order valence-electron chi connectivity index (χ1n) is 17.2. The van der Waals surface area contributed by atoms with Crippen molar-refractivity contribution in [1.82, 2.24) is 0 Å². The largest absolute Gasteiger partial charge is 1.00 e. The zero-order valence-electron chi connectivity index (χ0n) is 31.3. The van der Waals surface area contributed by atoms with E-state index in [4.69, 9.17) is 56.8 Å². The SMILES string of the molecule is COCC1O[C@H](OC)C(O)[C@@H](O)[C@@H]1O[C@H]1OC(CO[C@H]2OC(COCCS(=O)(=O)[O-])[C@@H](OC)[C@H](O)C2O)[C@@H](O[C@H]2OC(CO)[C@@H](OC)[C@H](O)C2O)[C@H](O)C1O.[Na+]. The van der Waals surface area contributed by atoms with Crippen molar-refractivity contribution in [3.05, 3.63) is 0 Å². The minimum absolute atomic E-state index is 0. The van der Waals surface area contributed by atoms with Gasteiger partial charge in [-0.05, 0) is 0 Å². The van der Waals surface area contributed by atoms with Gasteiger partial charge in [0.25, 0.3) is 0 Å². The molecular formula is C30H53NaO24S. The summed E-state index contributed by atoms with van der Waals surface area (Å²) in [5, 5.41) is 97.2. The number of ether oxygens (including phenoxy) is 12. The molecule has 0 bridgehead atoms. The molecule has 4 fully saturated rings. The fraction of sp³-hybridized carbons (Fsp3) is 1.00. The van der Waals surface area contributed by atoms with E-state index in [-0.39, 0.29) is 36.2 Å². The first-order chi connectivity index (χ1) is 26.0. The summed E-state index contributed by atoms with van der Waals surface area (Å²) >= 11 is 0. The van der Waals surface area contributed by atoms with E-state index >= 15 is 0 Å². The molecule has 4 aliphatic heterocycles. The molecule has 0 aromatic carbocycles. The zero-order chi connectivity index (χ0) is 40.8. The van der Waals surface area contributed by atoms with E-state index in [2.05, 4.69) is 0 Å². The van der Waals surface area contributed by atoms with Crippen LogP contribution in [0.25, 0.3) is 0 Å². The molecule has 0 amide bonds.